The van der Waals surface area contributed by atoms with Crippen LogP contribution in [0.5, 0.6) is 0 Å². The molecule has 0 unspecified atom stereocenters. The molecule has 0 spiro atoms. The van der Waals surface area contributed by atoms with Crippen molar-refractivity contribution < 1.29 is 9.53 Å². The third kappa shape index (κ3) is 3.52. The standard InChI is InChI=1S/C16H15NO2/c1-12-3-5-13(6-4-12)11-17-15-9-7-14(8-10-15)16(18)19-2/h3-11H,1-2H3. The number of esters is 1. The van der Waals surface area contributed by atoms with Crippen LogP contribution in [0.25, 0.3) is 0 Å². The Kier molecular flexibility index (Phi) is 4.08. The summed E-state index contributed by atoms with van der Waals surface area (Å²) >= 11 is 0. The van der Waals surface area contributed by atoms with Crippen LogP contribution in [0.4, 0.5) is 5.69 Å². The molecule has 96 valence electrons. The van der Waals surface area contributed by atoms with E-state index in [1.807, 2.05) is 31.2 Å². The molecule has 0 radical (unpaired) electrons. The van der Waals surface area contributed by atoms with E-state index in [0.717, 1.165) is 11.3 Å². The van der Waals surface area contributed by atoms with Gasteiger partial charge in [-0.2, -0.15) is 0 Å². The van der Waals surface area contributed by atoms with Gasteiger partial charge in [0.2, 0.25) is 0 Å². The fraction of sp³-hybridized carbons (Fsp3) is 0.125. The minimum Gasteiger partial charge on any atom is -0.465 e. The topological polar surface area (TPSA) is 38.7 Å². The Bertz CT molecular complexity index is 583. The van der Waals surface area contributed by atoms with Gasteiger partial charge in [-0.3, -0.25) is 4.99 Å². The number of aliphatic imine (C=N–C) groups is 1. The summed E-state index contributed by atoms with van der Waals surface area (Å²) in [4.78, 5) is 15.6. The van der Waals surface area contributed by atoms with E-state index in [9.17, 15) is 4.79 Å². The molecule has 2 rings (SSSR count). The molecule has 0 aliphatic heterocycles. The van der Waals surface area contributed by atoms with Gasteiger partial charge in [-0.15, -0.1) is 0 Å². The minimum atomic E-state index is -0.339. The zero-order chi connectivity index (χ0) is 13.7. The number of hydrogen-bond donors (Lipinski definition) is 0. The lowest BCUT2D eigenvalue weighted by Gasteiger charge is -1.99. The summed E-state index contributed by atoms with van der Waals surface area (Å²) < 4.78 is 4.64. The number of methoxy groups -OCH3 is 1. The van der Waals surface area contributed by atoms with Gasteiger partial charge in [0.1, 0.15) is 0 Å². The van der Waals surface area contributed by atoms with Crippen LogP contribution in [-0.4, -0.2) is 19.3 Å². The highest BCUT2D eigenvalue weighted by Gasteiger charge is 2.03. The summed E-state index contributed by atoms with van der Waals surface area (Å²) in [5.41, 5.74) is 3.59. The van der Waals surface area contributed by atoms with Gasteiger partial charge in [-0.05, 0) is 36.8 Å². The van der Waals surface area contributed by atoms with Gasteiger partial charge in [0.05, 0.1) is 18.4 Å². The van der Waals surface area contributed by atoms with Gasteiger partial charge in [-0.1, -0.05) is 29.8 Å². The Balaban J connectivity index is 2.11. The molecule has 0 N–H and O–H groups in total. The lowest BCUT2D eigenvalue weighted by Crippen LogP contribution is -1.99. The smallest absolute Gasteiger partial charge is 0.337 e. The maximum absolute atomic E-state index is 11.3. The van der Waals surface area contributed by atoms with Crippen LogP contribution in [0.3, 0.4) is 0 Å². The molecule has 2 aromatic carbocycles. The van der Waals surface area contributed by atoms with Gasteiger partial charge in [0, 0.05) is 6.21 Å². The van der Waals surface area contributed by atoms with E-state index in [1.54, 1.807) is 30.5 Å². The summed E-state index contributed by atoms with van der Waals surface area (Å²) in [6.07, 6.45) is 1.80. The zero-order valence-electron chi connectivity index (χ0n) is 11.0. The second-order valence-electron chi connectivity index (χ2n) is 4.21. The van der Waals surface area contributed by atoms with E-state index in [1.165, 1.54) is 12.7 Å². The fourth-order valence-electron chi connectivity index (χ4n) is 1.60. The third-order valence-electron chi connectivity index (χ3n) is 2.73. The van der Waals surface area contributed by atoms with Crippen LogP contribution < -0.4 is 0 Å². The molecule has 19 heavy (non-hydrogen) atoms. The highest BCUT2D eigenvalue weighted by Crippen LogP contribution is 2.14. The van der Waals surface area contributed by atoms with Crippen LogP contribution in [0, 0.1) is 6.92 Å². The van der Waals surface area contributed by atoms with Crippen molar-refractivity contribution in [2.24, 2.45) is 4.99 Å². The Labute approximate surface area is 112 Å². The second kappa shape index (κ2) is 5.96. The summed E-state index contributed by atoms with van der Waals surface area (Å²) in [5.74, 6) is -0.339. The maximum atomic E-state index is 11.3. The molecular weight excluding hydrogens is 238 g/mol. The van der Waals surface area contributed by atoms with Gasteiger partial charge >= 0.3 is 5.97 Å². The van der Waals surface area contributed by atoms with E-state index in [2.05, 4.69) is 9.73 Å². The first-order chi connectivity index (χ1) is 9.19. The van der Waals surface area contributed by atoms with Gasteiger partial charge < -0.3 is 4.74 Å². The monoisotopic (exact) mass is 253 g/mol. The molecule has 3 heteroatoms. The molecule has 0 bridgehead atoms. The molecule has 0 aliphatic carbocycles. The number of nitrogens with zero attached hydrogens (tertiary/aromatic N) is 1. The quantitative estimate of drug-likeness (QED) is 0.620. The number of rotatable bonds is 3. The summed E-state index contributed by atoms with van der Waals surface area (Å²) in [6, 6.07) is 15.1. The van der Waals surface area contributed by atoms with Crippen molar-refractivity contribution in [2.45, 2.75) is 6.92 Å². The predicted octanol–water partition coefficient (Wildman–Crippen LogP) is 3.53. The molecule has 0 heterocycles. The number of ether oxygens (including phenoxy) is 1. The van der Waals surface area contributed by atoms with E-state index < -0.39 is 0 Å². The Hall–Kier alpha value is -2.42. The average molecular weight is 253 g/mol. The minimum absolute atomic E-state index is 0.339. The Morgan fingerprint density at radius 2 is 1.68 bits per heavy atom. The van der Waals surface area contributed by atoms with Crippen molar-refractivity contribution >= 4 is 17.9 Å². The van der Waals surface area contributed by atoms with Crippen molar-refractivity contribution in [2.75, 3.05) is 7.11 Å². The van der Waals surface area contributed by atoms with Crippen LogP contribution in [-0.2, 0) is 4.74 Å². The largest absolute Gasteiger partial charge is 0.465 e. The summed E-state index contributed by atoms with van der Waals surface area (Å²) in [7, 11) is 1.37. The SMILES string of the molecule is COC(=O)c1ccc(N=Cc2ccc(C)cc2)cc1. The molecule has 0 saturated heterocycles. The van der Waals surface area contributed by atoms with Crippen LogP contribution in [0.2, 0.25) is 0 Å². The summed E-state index contributed by atoms with van der Waals surface area (Å²) in [6.45, 7) is 2.05. The van der Waals surface area contributed by atoms with Gasteiger partial charge in [0.25, 0.3) is 0 Å². The second-order valence-corrected chi connectivity index (χ2v) is 4.21. The Morgan fingerprint density at radius 1 is 1.05 bits per heavy atom. The van der Waals surface area contributed by atoms with Crippen molar-refractivity contribution in [1.82, 2.24) is 0 Å². The van der Waals surface area contributed by atoms with Crippen molar-refractivity contribution in [3.8, 4) is 0 Å². The van der Waals surface area contributed by atoms with Crippen LogP contribution >= 0.6 is 0 Å². The molecule has 0 amide bonds. The van der Waals surface area contributed by atoms with Gasteiger partial charge in [-0.25, -0.2) is 4.79 Å². The molecular formula is C16H15NO2. The lowest BCUT2D eigenvalue weighted by molar-refractivity contribution is 0.0601. The molecule has 3 nitrogen and oxygen atoms in total. The molecule has 0 fully saturated rings. The average Bonchev–Trinajstić information content (AvgIpc) is 2.46. The fourth-order valence-corrected chi connectivity index (χ4v) is 1.60. The van der Waals surface area contributed by atoms with E-state index in [-0.39, 0.29) is 5.97 Å². The van der Waals surface area contributed by atoms with E-state index >= 15 is 0 Å². The number of benzene rings is 2. The first kappa shape index (κ1) is 13.0. The Morgan fingerprint density at radius 3 is 2.26 bits per heavy atom. The highest BCUT2D eigenvalue weighted by atomic mass is 16.5. The van der Waals surface area contributed by atoms with Crippen molar-refractivity contribution in [3.63, 3.8) is 0 Å². The molecule has 0 atom stereocenters. The van der Waals surface area contributed by atoms with Gasteiger partial charge in [0.15, 0.2) is 0 Å². The first-order valence-corrected chi connectivity index (χ1v) is 5.98. The number of aryl methyl sites for hydroxylation is 1. The lowest BCUT2D eigenvalue weighted by atomic mass is 10.2. The molecule has 0 aliphatic rings. The number of carbonyl (C=O) groups excluding carboxylic acids is 1. The predicted molar refractivity (Wildman–Crippen MR) is 76.2 cm³/mol. The van der Waals surface area contributed by atoms with Crippen LogP contribution in [0.15, 0.2) is 53.5 Å². The highest BCUT2D eigenvalue weighted by molar-refractivity contribution is 5.90. The van der Waals surface area contributed by atoms with Crippen molar-refractivity contribution in [3.05, 3.63) is 65.2 Å². The molecule has 0 aromatic heterocycles. The summed E-state index contributed by atoms with van der Waals surface area (Å²) in [5, 5.41) is 0. The number of hydrogen-bond acceptors (Lipinski definition) is 3. The normalized spacial score (nSPS) is 10.6. The van der Waals surface area contributed by atoms with E-state index in [4.69, 9.17) is 0 Å². The van der Waals surface area contributed by atoms with E-state index in [0.29, 0.717) is 5.56 Å². The van der Waals surface area contributed by atoms with Crippen LogP contribution in [0.1, 0.15) is 21.5 Å². The zero-order valence-corrected chi connectivity index (χ0v) is 11.0. The molecule has 0 saturated carbocycles. The molecule has 2 aromatic rings. The number of carbonyl (C=O) groups is 1. The maximum Gasteiger partial charge on any atom is 0.337 e. The third-order valence-corrected chi connectivity index (χ3v) is 2.73. The first-order valence-electron chi connectivity index (χ1n) is 5.98. The van der Waals surface area contributed by atoms with Crippen molar-refractivity contribution in [1.29, 1.82) is 0 Å².